The summed E-state index contributed by atoms with van der Waals surface area (Å²) in [4.78, 5) is 24.9. The van der Waals surface area contributed by atoms with Crippen LogP contribution in [-0.2, 0) is 4.79 Å². The molecule has 5 heteroatoms. The number of hydrogen-bond acceptors (Lipinski definition) is 4. The van der Waals surface area contributed by atoms with Crippen LogP contribution in [0, 0.1) is 11.3 Å². The first kappa shape index (κ1) is 16.8. The van der Waals surface area contributed by atoms with Crippen LogP contribution in [0.25, 0.3) is 0 Å². The maximum atomic E-state index is 12.1. The largest absolute Gasteiger partial charge is 0.348 e. The van der Waals surface area contributed by atoms with Crippen LogP contribution in [0.5, 0.6) is 0 Å². The van der Waals surface area contributed by atoms with Crippen molar-refractivity contribution in [1.29, 1.82) is 5.26 Å². The maximum absolute atomic E-state index is 12.1. The summed E-state index contributed by atoms with van der Waals surface area (Å²) in [7, 11) is 0. The van der Waals surface area contributed by atoms with Crippen molar-refractivity contribution in [3.8, 4) is 6.07 Å². The van der Waals surface area contributed by atoms with Gasteiger partial charge in [0.25, 0.3) is 0 Å². The molecule has 0 fully saturated rings. The van der Waals surface area contributed by atoms with Crippen LogP contribution in [0.3, 0.4) is 0 Å². The molecule has 1 N–H and O–H groups in total. The van der Waals surface area contributed by atoms with Gasteiger partial charge < -0.3 is 5.32 Å². The number of nitrogens with one attached hydrogen (secondary N) is 1. The van der Waals surface area contributed by atoms with Crippen molar-refractivity contribution in [1.82, 2.24) is 5.32 Å². The number of amides is 1. The van der Waals surface area contributed by atoms with E-state index in [-0.39, 0.29) is 23.5 Å². The van der Waals surface area contributed by atoms with Crippen molar-refractivity contribution >= 4 is 23.5 Å². The summed E-state index contributed by atoms with van der Waals surface area (Å²) in [5.41, 5.74) is 1.17. The Hall–Kier alpha value is -2.58. The van der Waals surface area contributed by atoms with E-state index in [4.69, 9.17) is 5.26 Å². The van der Waals surface area contributed by atoms with E-state index in [2.05, 4.69) is 11.4 Å². The highest BCUT2D eigenvalue weighted by Crippen LogP contribution is 2.23. The Labute approximate surface area is 139 Å². The molecule has 2 rings (SSSR count). The molecule has 2 aromatic carbocycles. The van der Waals surface area contributed by atoms with Crippen LogP contribution in [0.4, 0.5) is 0 Å². The molecular weight excluding hydrogens is 308 g/mol. The Morgan fingerprint density at radius 3 is 2.39 bits per heavy atom. The molecule has 0 spiro atoms. The smallest absolute Gasteiger partial charge is 0.233 e. The van der Waals surface area contributed by atoms with Crippen molar-refractivity contribution in [3.05, 3.63) is 65.7 Å². The molecule has 0 unspecified atom stereocenters. The zero-order valence-electron chi connectivity index (χ0n) is 12.7. The van der Waals surface area contributed by atoms with Gasteiger partial charge in [0, 0.05) is 10.5 Å². The van der Waals surface area contributed by atoms with Gasteiger partial charge in [-0.05, 0) is 31.2 Å². The Morgan fingerprint density at radius 1 is 1.13 bits per heavy atom. The summed E-state index contributed by atoms with van der Waals surface area (Å²) in [5.74, 6) is -0.307. The normalized spacial score (nSPS) is 11.3. The highest BCUT2D eigenvalue weighted by molar-refractivity contribution is 8.00. The molecule has 1 atom stereocenters. The van der Waals surface area contributed by atoms with Gasteiger partial charge in [-0.25, -0.2) is 0 Å². The van der Waals surface area contributed by atoms with Crippen molar-refractivity contribution in [2.24, 2.45) is 0 Å². The monoisotopic (exact) mass is 324 g/mol. The number of hydrogen-bond donors (Lipinski definition) is 1. The standard InChI is InChI=1S/C18H16N2O2S/c1-13(23-16-9-7-14(11-19)8-10-16)18(22)20-12-17(21)15-5-3-2-4-6-15/h2-10,13H,12H2,1H3,(H,20,22)/t13-/m0/s1. The number of ketones is 1. The van der Waals surface area contributed by atoms with Crippen molar-refractivity contribution in [2.45, 2.75) is 17.1 Å². The molecule has 0 aliphatic rings. The molecule has 0 aliphatic carbocycles. The lowest BCUT2D eigenvalue weighted by atomic mass is 10.1. The molecule has 0 saturated carbocycles. The van der Waals surface area contributed by atoms with Gasteiger partial charge in [-0.15, -0.1) is 11.8 Å². The van der Waals surface area contributed by atoms with E-state index in [9.17, 15) is 9.59 Å². The van der Waals surface area contributed by atoms with Crippen LogP contribution in [-0.4, -0.2) is 23.5 Å². The van der Waals surface area contributed by atoms with E-state index < -0.39 is 0 Å². The molecule has 4 nitrogen and oxygen atoms in total. The minimum absolute atomic E-state index is 0.0128. The van der Waals surface area contributed by atoms with E-state index in [1.54, 1.807) is 43.3 Å². The van der Waals surface area contributed by atoms with Gasteiger partial charge in [0.15, 0.2) is 5.78 Å². The Morgan fingerprint density at radius 2 is 1.78 bits per heavy atom. The summed E-state index contributed by atoms with van der Waals surface area (Å²) >= 11 is 1.39. The van der Waals surface area contributed by atoms with Crippen LogP contribution in [0.15, 0.2) is 59.5 Å². The Bertz CT molecular complexity index is 721. The topological polar surface area (TPSA) is 70.0 Å². The number of nitriles is 1. The van der Waals surface area contributed by atoms with Crippen LogP contribution < -0.4 is 5.32 Å². The number of nitrogens with zero attached hydrogens (tertiary/aromatic N) is 1. The van der Waals surface area contributed by atoms with Crippen LogP contribution in [0.2, 0.25) is 0 Å². The van der Waals surface area contributed by atoms with Gasteiger partial charge in [-0.2, -0.15) is 5.26 Å². The molecule has 0 saturated heterocycles. The number of rotatable bonds is 6. The predicted octanol–water partition coefficient (Wildman–Crippen LogP) is 3.04. The van der Waals surface area contributed by atoms with Gasteiger partial charge in [0.2, 0.25) is 5.91 Å². The van der Waals surface area contributed by atoms with E-state index in [1.807, 2.05) is 18.2 Å². The fourth-order valence-electron chi connectivity index (χ4n) is 1.90. The van der Waals surface area contributed by atoms with Gasteiger partial charge >= 0.3 is 0 Å². The number of carbonyl (C=O) groups is 2. The third-order valence-corrected chi connectivity index (χ3v) is 4.30. The van der Waals surface area contributed by atoms with E-state index >= 15 is 0 Å². The second-order valence-corrected chi connectivity index (χ2v) is 6.32. The summed E-state index contributed by atoms with van der Waals surface area (Å²) in [6, 6.07) is 18.0. The van der Waals surface area contributed by atoms with Gasteiger partial charge in [-0.3, -0.25) is 9.59 Å². The van der Waals surface area contributed by atoms with Crippen LogP contribution in [0.1, 0.15) is 22.8 Å². The van der Waals surface area contributed by atoms with E-state index in [0.717, 1.165) is 4.90 Å². The van der Waals surface area contributed by atoms with Crippen molar-refractivity contribution in [2.75, 3.05) is 6.54 Å². The predicted molar refractivity (Wildman–Crippen MR) is 90.3 cm³/mol. The number of benzene rings is 2. The fraction of sp³-hybridized carbons (Fsp3) is 0.167. The van der Waals surface area contributed by atoms with Gasteiger partial charge in [0.1, 0.15) is 0 Å². The first-order chi connectivity index (χ1) is 11.1. The second-order valence-electron chi connectivity index (χ2n) is 4.90. The number of Topliss-reactive ketones (excluding diaryl/α,β-unsaturated/α-hetero) is 1. The lowest BCUT2D eigenvalue weighted by Gasteiger charge is -2.11. The summed E-state index contributed by atoms with van der Waals surface area (Å²) in [6.07, 6.45) is 0. The minimum Gasteiger partial charge on any atom is -0.348 e. The molecule has 0 radical (unpaired) electrons. The zero-order valence-corrected chi connectivity index (χ0v) is 13.5. The number of carbonyl (C=O) groups excluding carboxylic acids is 2. The highest BCUT2D eigenvalue weighted by atomic mass is 32.2. The van der Waals surface area contributed by atoms with E-state index in [1.165, 1.54) is 11.8 Å². The van der Waals surface area contributed by atoms with E-state index in [0.29, 0.717) is 11.1 Å². The zero-order chi connectivity index (χ0) is 16.7. The average molecular weight is 324 g/mol. The maximum Gasteiger partial charge on any atom is 0.233 e. The first-order valence-electron chi connectivity index (χ1n) is 7.13. The molecule has 0 heterocycles. The SMILES string of the molecule is C[C@H](Sc1ccc(C#N)cc1)C(=O)NCC(=O)c1ccccc1. The first-order valence-corrected chi connectivity index (χ1v) is 8.01. The molecule has 1 amide bonds. The lowest BCUT2D eigenvalue weighted by Crippen LogP contribution is -2.34. The molecular formula is C18H16N2O2S. The molecule has 0 aromatic heterocycles. The second kappa shape index (κ2) is 8.16. The highest BCUT2D eigenvalue weighted by Gasteiger charge is 2.15. The average Bonchev–Trinajstić information content (AvgIpc) is 2.60. The summed E-state index contributed by atoms with van der Waals surface area (Å²) < 4.78 is 0. The third kappa shape index (κ3) is 4.97. The van der Waals surface area contributed by atoms with Crippen LogP contribution >= 0.6 is 11.8 Å². The lowest BCUT2D eigenvalue weighted by molar-refractivity contribution is -0.120. The fourth-order valence-corrected chi connectivity index (χ4v) is 2.79. The summed E-state index contributed by atoms with van der Waals surface area (Å²) in [6.45, 7) is 1.77. The Balaban J connectivity index is 1.85. The molecule has 116 valence electrons. The quantitative estimate of drug-likeness (QED) is 0.655. The van der Waals surface area contributed by atoms with Crippen molar-refractivity contribution < 1.29 is 9.59 Å². The van der Waals surface area contributed by atoms with Gasteiger partial charge in [-0.1, -0.05) is 30.3 Å². The molecule has 0 bridgehead atoms. The van der Waals surface area contributed by atoms with Crippen molar-refractivity contribution in [3.63, 3.8) is 0 Å². The number of thioether (sulfide) groups is 1. The Kier molecular flexibility index (Phi) is 5.95. The minimum atomic E-state index is -0.327. The molecule has 0 aliphatic heterocycles. The molecule has 23 heavy (non-hydrogen) atoms. The summed E-state index contributed by atoms with van der Waals surface area (Å²) in [5, 5.41) is 11.1. The molecule has 2 aromatic rings. The third-order valence-electron chi connectivity index (χ3n) is 3.18. The van der Waals surface area contributed by atoms with Gasteiger partial charge in [0.05, 0.1) is 23.4 Å².